The number of benzene rings is 3. The van der Waals surface area contributed by atoms with Crippen LogP contribution in [-0.4, -0.2) is 18.2 Å². The average molecular weight is 571 g/mol. The quantitative estimate of drug-likeness (QED) is 0.173. The minimum Gasteiger partial charge on any atom is -0.489 e. The second-order valence-corrected chi connectivity index (χ2v) is 9.80. The van der Waals surface area contributed by atoms with E-state index >= 15 is 4.39 Å². The highest BCUT2D eigenvalue weighted by Gasteiger charge is 2.33. The van der Waals surface area contributed by atoms with Gasteiger partial charge in [-0.1, -0.05) is 70.0 Å². The highest BCUT2D eigenvalue weighted by molar-refractivity contribution is 6.39. The van der Waals surface area contributed by atoms with E-state index in [2.05, 4.69) is 17.0 Å². The van der Waals surface area contributed by atoms with Crippen LogP contribution in [0.3, 0.4) is 0 Å². The molecule has 1 fully saturated rings. The van der Waals surface area contributed by atoms with Crippen molar-refractivity contribution in [3.05, 3.63) is 103 Å². The molecule has 4 aromatic rings. The number of halogens is 4. The van der Waals surface area contributed by atoms with E-state index in [0.29, 0.717) is 38.2 Å². The van der Waals surface area contributed by atoms with E-state index in [-0.39, 0.29) is 34.4 Å². The number of hydrogen-bond donors (Lipinski definition) is 0. The van der Waals surface area contributed by atoms with Gasteiger partial charge >= 0.3 is 5.97 Å². The first kappa shape index (κ1) is 26.1. The molecule has 3 aromatic carbocycles. The highest BCUT2D eigenvalue weighted by Crippen LogP contribution is 2.46. The maximum absolute atomic E-state index is 15.0. The van der Waals surface area contributed by atoms with Gasteiger partial charge in [0.15, 0.2) is 0 Å². The Balaban J connectivity index is 1.42. The van der Waals surface area contributed by atoms with Crippen LogP contribution in [0, 0.1) is 17.7 Å². The lowest BCUT2D eigenvalue weighted by molar-refractivity contribution is 0.0600. The lowest BCUT2D eigenvalue weighted by Gasteiger charge is -2.10. The number of carbonyl (C=O) groups is 1. The van der Waals surface area contributed by atoms with E-state index in [9.17, 15) is 4.79 Å². The maximum atomic E-state index is 15.0. The van der Waals surface area contributed by atoms with E-state index in [1.807, 2.05) is 0 Å². The van der Waals surface area contributed by atoms with E-state index in [4.69, 9.17) is 48.8 Å². The third-order valence-electron chi connectivity index (χ3n) is 6.02. The summed E-state index contributed by atoms with van der Waals surface area (Å²) < 4.78 is 31.4. The van der Waals surface area contributed by atoms with Crippen molar-refractivity contribution in [3.63, 3.8) is 0 Å². The molecule has 1 saturated carbocycles. The van der Waals surface area contributed by atoms with Crippen LogP contribution >= 0.6 is 34.8 Å². The molecule has 5 nitrogen and oxygen atoms in total. The van der Waals surface area contributed by atoms with Gasteiger partial charge in [0.2, 0.25) is 0 Å². The molecule has 1 aliphatic rings. The molecule has 0 saturated heterocycles. The Morgan fingerprint density at radius 1 is 1.05 bits per heavy atom. The van der Waals surface area contributed by atoms with Crippen molar-refractivity contribution in [2.24, 2.45) is 0 Å². The SMILES string of the molecule is COC(=O)c1ccccc1C#Cc1c(F)cc(OCc2c(-c3c(Cl)cccc3Cl)noc2C2CC2)cc1Cl. The summed E-state index contributed by atoms with van der Waals surface area (Å²) in [5.41, 5.74) is 2.37. The van der Waals surface area contributed by atoms with Crippen molar-refractivity contribution >= 4 is 40.8 Å². The van der Waals surface area contributed by atoms with Crippen LogP contribution in [0.25, 0.3) is 11.3 Å². The average Bonchev–Trinajstić information content (AvgIpc) is 3.66. The van der Waals surface area contributed by atoms with Crippen molar-refractivity contribution < 1.29 is 23.2 Å². The summed E-state index contributed by atoms with van der Waals surface area (Å²) in [4.78, 5) is 12.0. The Morgan fingerprint density at radius 3 is 2.47 bits per heavy atom. The predicted octanol–water partition coefficient (Wildman–Crippen LogP) is 8.08. The Labute approximate surface area is 233 Å². The number of aromatic nitrogens is 1. The number of rotatable bonds is 6. The molecule has 0 amide bonds. The molecule has 5 rings (SSSR count). The summed E-state index contributed by atoms with van der Waals surface area (Å²) in [6.07, 6.45) is 1.95. The standard InChI is InChI=1S/C29H19Cl3FNO4/c1-36-29(35)19-6-3-2-5-16(19)11-12-20-24(32)13-18(14-25(20)33)37-15-21-27(34-38-28(21)17-9-10-17)26-22(30)7-4-8-23(26)31/h2-8,13-14,17H,9-10,15H2,1H3. The molecule has 0 aliphatic heterocycles. The molecule has 0 unspecified atom stereocenters. The van der Waals surface area contributed by atoms with Gasteiger partial charge in [-0.05, 0) is 37.1 Å². The summed E-state index contributed by atoms with van der Waals surface area (Å²) in [6, 6.07) is 14.5. The number of nitrogens with zero attached hydrogens (tertiary/aromatic N) is 1. The zero-order valence-electron chi connectivity index (χ0n) is 20.0. The van der Waals surface area contributed by atoms with Crippen LogP contribution in [0.2, 0.25) is 15.1 Å². The van der Waals surface area contributed by atoms with Crippen LogP contribution < -0.4 is 4.74 Å². The fraction of sp³-hybridized carbons (Fsp3) is 0.172. The highest BCUT2D eigenvalue weighted by atomic mass is 35.5. The van der Waals surface area contributed by atoms with Crippen LogP contribution in [0.15, 0.2) is 59.1 Å². The monoisotopic (exact) mass is 569 g/mol. The van der Waals surface area contributed by atoms with Gasteiger partial charge in [0.25, 0.3) is 0 Å². The summed E-state index contributed by atoms with van der Waals surface area (Å²) in [6.45, 7) is 0.0412. The maximum Gasteiger partial charge on any atom is 0.339 e. The molecule has 1 heterocycles. The van der Waals surface area contributed by atoms with Gasteiger partial charge in [0, 0.05) is 29.2 Å². The largest absolute Gasteiger partial charge is 0.489 e. The zero-order chi connectivity index (χ0) is 26.8. The van der Waals surface area contributed by atoms with Gasteiger partial charge in [-0.3, -0.25) is 0 Å². The summed E-state index contributed by atoms with van der Waals surface area (Å²) in [7, 11) is 1.28. The number of esters is 1. The summed E-state index contributed by atoms with van der Waals surface area (Å²) in [5, 5.41) is 5.16. The second-order valence-electron chi connectivity index (χ2n) is 8.58. The number of carbonyl (C=O) groups excluding carboxylic acids is 1. The number of ether oxygens (including phenoxy) is 2. The summed E-state index contributed by atoms with van der Waals surface area (Å²) in [5.74, 6) is 5.45. The van der Waals surface area contributed by atoms with Gasteiger partial charge in [-0.25, -0.2) is 9.18 Å². The van der Waals surface area contributed by atoms with Crippen molar-refractivity contribution in [1.29, 1.82) is 0 Å². The molecule has 0 spiro atoms. The Hall–Kier alpha value is -3.50. The van der Waals surface area contributed by atoms with Gasteiger partial charge in [-0.15, -0.1) is 0 Å². The fourth-order valence-electron chi connectivity index (χ4n) is 3.97. The first-order valence-corrected chi connectivity index (χ1v) is 12.7. The molecular weight excluding hydrogens is 552 g/mol. The third kappa shape index (κ3) is 5.37. The van der Waals surface area contributed by atoms with Crippen LogP contribution in [0.4, 0.5) is 4.39 Å². The molecule has 0 radical (unpaired) electrons. The van der Waals surface area contributed by atoms with Crippen LogP contribution in [-0.2, 0) is 11.3 Å². The molecule has 192 valence electrons. The first-order valence-electron chi connectivity index (χ1n) is 11.6. The lowest BCUT2D eigenvalue weighted by Crippen LogP contribution is -2.03. The normalized spacial score (nSPS) is 12.6. The Morgan fingerprint density at radius 2 is 1.79 bits per heavy atom. The minimum absolute atomic E-state index is 0.0223. The zero-order valence-corrected chi connectivity index (χ0v) is 22.3. The van der Waals surface area contributed by atoms with Crippen molar-refractivity contribution in [2.45, 2.75) is 25.4 Å². The predicted molar refractivity (Wildman–Crippen MR) is 143 cm³/mol. The smallest absolute Gasteiger partial charge is 0.339 e. The second kappa shape index (κ2) is 11.1. The third-order valence-corrected chi connectivity index (χ3v) is 6.95. The number of hydrogen-bond acceptors (Lipinski definition) is 5. The van der Waals surface area contributed by atoms with Crippen LogP contribution in [0.5, 0.6) is 5.75 Å². The fourth-order valence-corrected chi connectivity index (χ4v) is 4.79. The van der Waals surface area contributed by atoms with E-state index in [1.165, 1.54) is 19.2 Å². The first-order chi connectivity index (χ1) is 18.4. The minimum atomic E-state index is -0.669. The van der Waals surface area contributed by atoms with Gasteiger partial charge in [0.05, 0.1) is 38.9 Å². The lowest BCUT2D eigenvalue weighted by atomic mass is 10.0. The molecule has 1 aromatic heterocycles. The van der Waals surface area contributed by atoms with E-state index < -0.39 is 11.8 Å². The Bertz CT molecular complexity index is 1560. The summed E-state index contributed by atoms with van der Waals surface area (Å²) >= 11 is 19.2. The topological polar surface area (TPSA) is 61.6 Å². The van der Waals surface area contributed by atoms with Crippen molar-refractivity contribution in [3.8, 4) is 28.8 Å². The molecule has 0 N–H and O–H groups in total. The Kier molecular flexibility index (Phi) is 7.62. The van der Waals surface area contributed by atoms with Crippen molar-refractivity contribution in [2.75, 3.05) is 7.11 Å². The van der Waals surface area contributed by atoms with Gasteiger partial charge < -0.3 is 14.0 Å². The molecular formula is C29H19Cl3FNO4. The van der Waals surface area contributed by atoms with E-state index in [1.54, 1.807) is 42.5 Å². The molecule has 1 aliphatic carbocycles. The van der Waals surface area contributed by atoms with Crippen molar-refractivity contribution in [1.82, 2.24) is 5.16 Å². The molecule has 38 heavy (non-hydrogen) atoms. The molecule has 9 heteroatoms. The van der Waals surface area contributed by atoms with Crippen LogP contribution in [0.1, 0.15) is 51.6 Å². The van der Waals surface area contributed by atoms with E-state index in [0.717, 1.165) is 12.8 Å². The van der Waals surface area contributed by atoms with Gasteiger partial charge in [0.1, 0.15) is 29.6 Å². The molecule has 0 atom stereocenters. The molecule has 0 bridgehead atoms. The van der Waals surface area contributed by atoms with Gasteiger partial charge in [-0.2, -0.15) is 0 Å². The number of methoxy groups -OCH3 is 1.